The number of carbonyl (C=O) groups is 1. The highest BCUT2D eigenvalue weighted by Gasteiger charge is 2.27. The first-order valence-corrected chi connectivity index (χ1v) is 20.2. The summed E-state index contributed by atoms with van der Waals surface area (Å²) in [6.07, 6.45) is 39.8. The molecule has 0 aromatic carbocycles. The maximum absolute atomic E-state index is 12.7. The van der Waals surface area contributed by atoms with Gasteiger partial charge in [-0.25, -0.2) is 4.57 Å². The van der Waals surface area contributed by atoms with Gasteiger partial charge in [0.2, 0.25) is 5.91 Å². The Balaban J connectivity index is 4.22. The standard InChI is InChI=1S/C38H71N2O6P/c1-3-5-7-9-11-13-14-15-16-17-18-19-20-21-22-24-26-28-30-32-38(42)40-36(35-46-47(43,44)45-34-33-39)37(41)31-29-27-25-23-12-10-8-6-4-2/h5,7,11,13,15-16,18-19,36-37,41H,3-4,6,8-10,12,14,17,20-35,39H2,1-2H3,(H,40,42)(H,43,44)/b7-5-,13-11-,16-15-,19-18-. The van der Waals surface area contributed by atoms with Gasteiger partial charge in [0.15, 0.2) is 0 Å². The minimum atomic E-state index is -4.31. The van der Waals surface area contributed by atoms with Crippen molar-refractivity contribution < 1.29 is 28.4 Å². The van der Waals surface area contributed by atoms with E-state index in [1.54, 1.807) is 0 Å². The molecule has 0 saturated heterocycles. The summed E-state index contributed by atoms with van der Waals surface area (Å²) < 4.78 is 22.0. The van der Waals surface area contributed by atoms with Gasteiger partial charge in [-0.15, -0.1) is 0 Å². The molecule has 47 heavy (non-hydrogen) atoms. The first-order chi connectivity index (χ1) is 22.9. The van der Waals surface area contributed by atoms with Crippen LogP contribution < -0.4 is 11.1 Å². The summed E-state index contributed by atoms with van der Waals surface area (Å²) in [6, 6.07) is -0.781. The molecule has 0 saturated carbocycles. The largest absolute Gasteiger partial charge is 0.472 e. The first kappa shape index (κ1) is 45.5. The molecule has 8 nitrogen and oxygen atoms in total. The van der Waals surface area contributed by atoms with Crippen LogP contribution in [-0.2, 0) is 18.4 Å². The van der Waals surface area contributed by atoms with E-state index in [0.29, 0.717) is 12.8 Å². The zero-order valence-electron chi connectivity index (χ0n) is 30.0. The van der Waals surface area contributed by atoms with Crippen LogP contribution in [0.5, 0.6) is 0 Å². The van der Waals surface area contributed by atoms with Crippen LogP contribution in [0.25, 0.3) is 0 Å². The van der Waals surface area contributed by atoms with E-state index in [-0.39, 0.29) is 25.7 Å². The second-order valence-corrected chi connectivity index (χ2v) is 13.9. The molecule has 0 aliphatic carbocycles. The van der Waals surface area contributed by atoms with Crippen LogP contribution in [0.2, 0.25) is 0 Å². The fourth-order valence-corrected chi connectivity index (χ4v) is 5.89. The summed E-state index contributed by atoms with van der Waals surface area (Å²) in [7, 11) is -4.31. The zero-order chi connectivity index (χ0) is 34.7. The number of phosphoric acid groups is 1. The van der Waals surface area contributed by atoms with Gasteiger partial charge in [-0.05, 0) is 51.4 Å². The van der Waals surface area contributed by atoms with Gasteiger partial charge in [0, 0.05) is 13.0 Å². The number of carbonyl (C=O) groups excluding carboxylic acids is 1. The van der Waals surface area contributed by atoms with Crippen molar-refractivity contribution in [2.24, 2.45) is 5.73 Å². The van der Waals surface area contributed by atoms with Gasteiger partial charge >= 0.3 is 7.82 Å². The Labute approximate surface area is 288 Å². The number of phosphoric ester groups is 1. The third-order valence-corrected chi connectivity index (χ3v) is 8.93. The lowest BCUT2D eigenvalue weighted by Crippen LogP contribution is -2.46. The molecule has 0 rings (SSSR count). The minimum Gasteiger partial charge on any atom is -0.391 e. The van der Waals surface area contributed by atoms with E-state index in [2.05, 4.69) is 67.8 Å². The van der Waals surface area contributed by atoms with E-state index in [4.69, 9.17) is 14.8 Å². The number of nitrogens with two attached hydrogens (primary N) is 1. The monoisotopic (exact) mass is 683 g/mol. The fraction of sp³-hybridized carbons (Fsp3) is 0.763. The highest BCUT2D eigenvalue weighted by atomic mass is 31.2. The van der Waals surface area contributed by atoms with Crippen molar-refractivity contribution in [3.8, 4) is 0 Å². The highest BCUT2D eigenvalue weighted by Crippen LogP contribution is 2.43. The van der Waals surface area contributed by atoms with Crippen molar-refractivity contribution in [2.45, 2.75) is 167 Å². The van der Waals surface area contributed by atoms with E-state index in [1.807, 2.05) is 0 Å². The molecule has 0 aromatic rings. The topological polar surface area (TPSA) is 131 Å². The average molecular weight is 683 g/mol. The molecule has 3 atom stereocenters. The fourth-order valence-electron chi connectivity index (χ4n) is 5.13. The van der Waals surface area contributed by atoms with E-state index in [0.717, 1.165) is 77.0 Å². The van der Waals surface area contributed by atoms with Crippen molar-refractivity contribution in [3.05, 3.63) is 48.6 Å². The van der Waals surface area contributed by atoms with Gasteiger partial charge in [0.05, 0.1) is 25.4 Å². The van der Waals surface area contributed by atoms with Gasteiger partial charge in [0.1, 0.15) is 0 Å². The van der Waals surface area contributed by atoms with Crippen molar-refractivity contribution >= 4 is 13.7 Å². The van der Waals surface area contributed by atoms with Crippen LogP contribution >= 0.6 is 7.82 Å². The molecule has 0 spiro atoms. The molecule has 0 heterocycles. The second kappa shape index (κ2) is 34.3. The Morgan fingerprint density at radius 2 is 1.23 bits per heavy atom. The number of hydrogen-bond acceptors (Lipinski definition) is 6. The van der Waals surface area contributed by atoms with Crippen LogP contribution in [0.1, 0.15) is 155 Å². The summed E-state index contributed by atoms with van der Waals surface area (Å²) in [4.78, 5) is 22.6. The second-order valence-electron chi connectivity index (χ2n) is 12.4. The van der Waals surface area contributed by atoms with Crippen LogP contribution in [0.4, 0.5) is 0 Å². The van der Waals surface area contributed by atoms with Crippen molar-refractivity contribution in [1.82, 2.24) is 5.32 Å². The number of aliphatic hydroxyl groups is 1. The Hall–Kier alpha value is -1.54. The van der Waals surface area contributed by atoms with E-state index < -0.39 is 20.0 Å². The molecule has 0 radical (unpaired) electrons. The summed E-state index contributed by atoms with van der Waals surface area (Å²) in [5, 5.41) is 13.7. The van der Waals surface area contributed by atoms with Gasteiger partial charge in [-0.3, -0.25) is 13.8 Å². The number of rotatable bonds is 34. The number of amides is 1. The van der Waals surface area contributed by atoms with Crippen molar-refractivity contribution in [2.75, 3.05) is 19.8 Å². The normalized spacial score (nSPS) is 14.9. The van der Waals surface area contributed by atoms with Gasteiger partial charge < -0.3 is 21.1 Å². The quantitative estimate of drug-likeness (QED) is 0.0302. The molecule has 0 fully saturated rings. The molecule has 9 heteroatoms. The smallest absolute Gasteiger partial charge is 0.391 e. The third kappa shape index (κ3) is 32.8. The Bertz CT molecular complexity index is 876. The maximum atomic E-state index is 12.7. The lowest BCUT2D eigenvalue weighted by Gasteiger charge is -2.25. The maximum Gasteiger partial charge on any atom is 0.472 e. The summed E-state index contributed by atoms with van der Waals surface area (Å²) >= 11 is 0. The van der Waals surface area contributed by atoms with Crippen LogP contribution in [-0.4, -0.2) is 47.8 Å². The number of unbranched alkanes of at least 4 members (excludes halogenated alkanes) is 14. The first-order valence-electron chi connectivity index (χ1n) is 18.8. The molecule has 0 aromatic heterocycles. The number of hydrogen-bond donors (Lipinski definition) is 4. The van der Waals surface area contributed by atoms with Gasteiger partial charge in [-0.1, -0.05) is 146 Å². The molecule has 0 aliphatic rings. The predicted octanol–water partition coefficient (Wildman–Crippen LogP) is 9.77. The predicted molar refractivity (Wildman–Crippen MR) is 198 cm³/mol. The minimum absolute atomic E-state index is 0.0839. The Morgan fingerprint density at radius 3 is 1.81 bits per heavy atom. The molecular weight excluding hydrogens is 611 g/mol. The van der Waals surface area contributed by atoms with Crippen LogP contribution in [0.15, 0.2) is 48.6 Å². The van der Waals surface area contributed by atoms with E-state index >= 15 is 0 Å². The summed E-state index contributed by atoms with van der Waals surface area (Å²) in [6.45, 7) is 4.03. The molecule has 274 valence electrons. The van der Waals surface area contributed by atoms with Crippen LogP contribution in [0, 0.1) is 0 Å². The lowest BCUT2D eigenvalue weighted by atomic mass is 10.0. The number of nitrogens with one attached hydrogen (secondary N) is 1. The third-order valence-electron chi connectivity index (χ3n) is 7.95. The molecular formula is C38H71N2O6P. The molecule has 1 amide bonds. The van der Waals surface area contributed by atoms with Gasteiger partial charge in [0.25, 0.3) is 0 Å². The van der Waals surface area contributed by atoms with E-state index in [1.165, 1.54) is 51.4 Å². The van der Waals surface area contributed by atoms with Crippen LogP contribution in [0.3, 0.4) is 0 Å². The number of allylic oxidation sites excluding steroid dienone is 8. The number of aliphatic hydroxyl groups excluding tert-OH is 1. The van der Waals surface area contributed by atoms with Crippen molar-refractivity contribution in [1.29, 1.82) is 0 Å². The lowest BCUT2D eigenvalue weighted by molar-refractivity contribution is -0.123. The highest BCUT2D eigenvalue weighted by molar-refractivity contribution is 7.47. The summed E-state index contributed by atoms with van der Waals surface area (Å²) in [5.74, 6) is -0.181. The zero-order valence-corrected chi connectivity index (χ0v) is 30.9. The Kier molecular flexibility index (Phi) is 33.2. The molecule has 0 aliphatic heterocycles. The van der Waals surface area contributed by atoms with Crippen molar-refractivity contribution in [3.63, 3.8) is 0 Å². The average Bonchev–Trinajstić information content (AvgIpc) is 3.05. The SMILES string of the molecule is CC/C=C\C/C=C\C/C=C\C/C=C\CCCCCCCCC(=O)NC(COP(=O)(O)OCCN)C(O)CCCCCCCCCCC. The molecule has 3 unspecified atom stereocenters. The molecule has 5 N–H and O–H groups in total. The van der Waals surface area contributed by atoms with E-state index in [9.17, 15) is 19.4 Å². The van der Waals surface area contributed by atoms with Gasteiger partial charge in [-0.2, -0.15) is 0 Å². The molecule has 0 bridgehead atoms. The Morgan fingerprint density at radius 1 is 0.723 bits per heavy atom. The summed E-state index contributed by atoms with van der Waals surface area (Å²) in [5.41, 5.74) is 5.35.